The van der Waals surface area contributed by atoms with Crippen LogP contribution in [0.5, 0.6) is 0 Å². The molecular formula is C14H14N2O3S. The Morgan fingerprint density at radius 2 is 2.20 bits per heavy atom. The molecule has 1 N–H and O–H groups in total. The Morgan fingerprint density at radius 3 is 2.85 bits per heavy atom. The molecule has 0 aliphatic rings. The van der Waals surface area contributed by atoms with Crippen molar-refractivity contribution in [3.63, 3.8) is 0 Å². The number of nitro groups is 1. The number of anilines is 1. The minimum absolute atomic E-state index is 0.0239. The fourth-order valence-electron chi connectivity index (χ4n) is 1.76. The van der Waals surface area contributed by atoms with Crippen molar-refractivity contribution in [3.8, 4) is 0 Å². The molecule has 0 aliphatic heterocycles. The molecule has 0 unspecified atom stereocenters. The summed E-state index contributed by atoms with van der Waals surface area (Å²) in [5.74, 6) is -0.137. The number of nitro benzene ring substituents is 1. The smallest absolute Gasteiger partial charge is 0.271 e. The fraction of sp³-hybridized carbons (Fsp3) is 0.214. The maximum atomic E-state index is 11.9. The van der Waals surface area contributed by atoms with E-state index in [1.165, 1.54) is 12.1 Å². The molecule has 6 heteroatoms. The van der Waals surface area contributed by atoms with Gasteiger partial charge in [-0.05, 0) is 30.4 Å². The van der Waals surface area contributed by atoms with Crippen molar-refractivity contribution in [3.05, 3.63) is 56.3 Å². The molecule has 0 spiro atoms. The summed E-state index contributed by atoms with van der Waals surface area (Å²) in [6.45, 7) is 1.80. The zero-order valence-corrected chi connectivity index (χ0v) is 11.8. The van der Waals surface area contributed by atoms with Gasteiger partial charge in [-0.3, -0.25) is 14.9 Å². The van der Waals surface area contributed by atoms with Crippen molar-refractivity contribution in [1.82, 2.24) is 0 Å². The monoisotopic (exact) mass is 290 g/mol. The molecule has 20 heavy (non-hydrogen) atoms. The fourth-order valence-corrected chi connectivity index (χ4v) is 2.47. The summed E-state index contributed by atoms with van der Waals surface area (Å²) in [7, 11) is 0. The number of nitrogens with one attached hydrogen (secondary N) is 1. The van der Waals surface area contributed by atoms with Crippen LogP contribution in [-0.2, 0) is 11.2 Å². The van der Waals surface area contributed by atoms with Crippen LogP contribution in [0.2, 0.25) is 0 Å². The van der Waals surface area contributed by atoms with Gasteiger partial charge in [-0.2, -0.15) is 0 Å². The molecule has 0 bridgehead atoms. The quantitative estimate of drug-likeness (QED) is 0.676. The molecule has 0 saturated carbocycles. The molecule has 0 fully saturated rings. The minimum Gasteiger partial charge on any atom is -0.326 e. The lowest BCUT2D eigenvalue weighted by Gasteiger charge is -2.07. The molecule has 5 nitrogen and oxygen atoms in total. The van der Waals surface area contributed by atoms with E-state index in [0.29, 0.717) is 18.5 Å². The molecule has 2 rings (SSSR count). The average Bonchev–Trinajstić information content (AvgIpc) is 2.92. The van der Waals surface area contributed by atoms with Crippen molar-refractivity contribution in [2.24, 2.45) is 0 Å². The molecular weight excluding hydrogens is 276 g/mol. The topological polar surface area (TPSA) is 72.2 Å². The first-order valence-corrected chi connectivity index (χ1v) is 7.01. The second-order valence-electron chi connectivity index (χ2n) is 4.38. The van der Waals surface area contributed by atoms with E-state index < -0.39 is 4.92 Å². The predicted octanol–water partition coefficient (Wildman–Crippen LogP) is 3.54. The Labute approximate surface area is 120 Å². The van der Waals surface area contributed by atoms with Gasteiger partial charge in [-0.25, -0.2) is 0 Å². The summed E-state index contributed by atoms with van der Waals surface area (Å²) < 4.78 is 0. The number of non-ortho nitro benzene ring substituents is 1. The van der Waals surface area contributed by atoms with E-state index in [0.717, 1.165) is 10.4 Å². The Hall–Kier alpha value is -2.21. The van der Waals surface area contributed by atoms with E-state index in [1.54, 1.807) is 24.3 Å². The SMILES string of the molecule is Cc1ccc([N+](=O)[O-])cc1NC(=O)CCc1cccs1. The lowest BCUT2D eigenvalue weighted by atomic mass is 10.1. The lowest BCUT2D eigenvalue weighted by molar-refractivity contribution is -0.384. The molecule has 2 aromatic rings. The average molecular weight is 290 g/mol. The number of thiophene rings is 1. The van der Waals surface area contributed by atoms with E-state index in [-0.39, 0.29) is 11.6 Å². The molecule has 0 atom stereocenters. The van der Waals surface area contributed by atoms with E-state index >= 15 is 0 Å². The van der Waals surface area contributed by atoms with E-state index in [2.05, 4.69) is 5.32 Å². The van der Waals surface area contributed by atoms with Crippen LogP contribution in [0.25, 0.3) is 0 Å². The number of hydrogen-bond donors (Lipinski definition) is 1. The largest absolute Gasteiger partial charge is 0.326 e. The Morgan fingerprint density at radius 1 is 1.40 bits per heavy atom. The lowest BCUT2D eigenvalue weighted by Crippen LogP contribution is -2.13. The minimum atomic E-state index is -0.471. The molecule has 1 aromatic carbocycles. The standard InChI is InChI=1S/C14H14N2O3S/c1-10-4-5-11(16(18)19)9-13(10)15-14(17)7-6-12-3-2-8-20-12/h2-5,8-9H,6-7H2,1H3,(H,15,17). The Kier molecular flexibility index (Phi) is 4.47. The first kappa shape index (κ1) is 14.2. The third-order valence-electron chi connectivity index (χ3n) is 2.88. The zero-order valence-electron chi connectivity index (χ0n) is 11.0. The highest BCUT2D eigenvalue weighted by atomic mass is 32.1. The van der Waals surface area contributed by atoms with Crippen LogP contribution < -0.4 is 5.32 Å². The number of aryl methyl sites for hydroxylation is 2. The molecule has 1 aromatic heterocycles. The molecule has 0 radical (unpaired) electrons. The number of amides is 1. The first-order chi connectivity index (χ1) is 9.56. The number of nitrogens with zero attached hydrogens (tertiary/aromatic N) is 1. The Balaban J connectivity index is 2.00. The van der Waals surface area contributed by atoms with Gasteiger partial charge in [0.1, 0.15) is 0 Å². The zero-order chi connectivity index (χ0) is 14.5. The highest BCUT2D eigenvalue weighted by molar-refractivity contribution is 7.09. The second-order valence-corrected chi connectivity index (χ2v) is 5.42. The third-order valence-corrected chi connectivity index (χ3v) is 3.82. The van der Waals surface area contributed by atoms with Crippen LogP contribution in [0.15, 0.2) is 35.7 Å². The normalized spacial score (nSPS) is 10.2. The van der Waals surface area contributed by atoms with Gasteiger partial charge >= 0.3 is 0 Å². The predicted molar refractivity (Wildman–Crippen MR) is 79.1 cm³/mol. The summed E-state index contributed by atoms with van der Waals surface area (Å²) in [5.41, 5.74) is 1.28. The van der Waals surface area contributed by atoms with Crippen LogP contribution in [-0.4, -0.2) is 10.8 Å². The summed E-state index contributed by atoms with van der Waals surface area (Å²) in [6, 6.07) is 8.38. The number of hydrogen-bond acceptors (Lipinski definition) is 4. The molecule has 104 valence electrons. The van der Waals surface area contributed by atoms with Gasteiger partial charge < -0.3 is 5.32 Å². The number of carbonyl (C=O) groups is 1. The van der Waals surface area contributed by atoms with Gasteiger partial charge in [0.15, 0.2) is 0 Å². The summed E-state index contributed by atoms with van der Waals surface area (Å²) in [5, 5.41) is 15.4. The third kappa shape index (κ3) is 3.64. The number of rotatable bonds is 5. The van der Waals surface area contributed by atoms with Crippen LogP contribution >= 0.6 is 11.3 Å². The van der Waals surface area contributed by atoms with Gasteiger partial charge in [-0.1, -0.05) is 12.1 Å². The number of benzene rings is 1. The van der Waals surface area contributed by atoms with Crippen LogP contribution in [0.4, 0.5) is 11.4 Å². The van der Waals surface area contributed by atoms with Gasteiger partial charge in [0.2, 0.25) is 5.91 Å². The van der Waals surface area contributed by atoms with Gasteiger partial charge in [0.25, 0.3) is 5.69 Å². The maximum Gasteiger partial charge on any atom is 0.271 e. The van der Waals surface area contributed by atoms with Crippen molar-refractivity contribution in [1.29, 1.82) is 0 Å². The summed E-state index contributed by atoms with van der Waals surface area (Å²) in [6.07, 6.45) is 1.04. The summed E-state index contributed by atoms with van der Waals surface area (Å²) >= 11 is 1.61. The van der Waals surface area contributed by atoms with Gasteiger partial charge in [0, 0.05) is 23.4 Å². The van der Waals surface area contributed by atoms with Crippen molar-refractivity contribution in [2.75, 3.05) is 5.32 Å². The highest BCUT2D eigenvalue weighted by Gasteiger charge is 2.11. The second kappa shape index (κ2) is 6.29. The van der Waals surface area contributed by atoms with Crippen LogP contribution in [0, 0.1) is 17.0 Å². The first-order valence-electron chi connectivity index (χ1n) is 6.13. The van der Waals surface area contributed by atoms with Crippen LogP contribution in [0.1, 0.15) is 16.9 Å². The number of carbonyl (C=O) groups excluding carboxylic acids is 1. The molecule has 1 heterocycles. The maximum absolute atomic E-state index is 11.9. The van der Waals surface area contributed by atoms with Gasteiger partial charge in [0.05, 0.1) is 10.6 Å². The van der Waals surface area contributed by atoms with Crippen LogP contribution in [0.3, 0.4) is 0 Å². The van der Waals surface area contributed by atoms with Crippen molar-refractivity contribution in [2.45, 2.75) is 19.8 Å². The molecule has 1 amide bonds. The van der Waals surface area contributed by atoms with E-state index in [1.807, 2.05) is 17.5 Å². The van der Waals surface area contributed by atoms with E-state index in [9.17, 15) is 14.9 Å². The molecule has 0 aliphatic carbocycles. The van der Waals surface area contributed by atoms with Crippen molar-refractivity contribution < 1.29 is 9.72 Å². The summed E-state index contributed by atoms with van der Waals surface area (Å²) in [4.78, 5) is 23.3. The van der Waals surface area contributed by atoms with E-state index in [4.69, 9.17) is 0 Å². The molecule has 0 saturated heterocycles. The van der Waals surface area contributed by atoms with Crippen molar-refractivity contribution >= 4 is 28.6 Å². The highest BCUT2D eigenvalue weighted by Crippen LogP contribution is 2.22. The van der Waals surface area contributed by atoms with Gasteiger partial charge in [-0.15, -0.1) is 11.3 Å². The Bertz CT molecular complexity index is 623.